The van der Waals surface area contributed by atoms with E-state index in [4.69, 9.17) is 4.74 Å². The zero-order valence-electron chi connectivity index (χ0n) is 10.1. The van der Waals surface area contributed by atoms with Crippen LogP contribution in [0.15, 0.2) is 36.4 Å². The summed E-state index contributed by atoms with van der Waals surface area (Å²) >= 11 is 0. The lowest BCUT2D eigenvalue weighted by Crippen LogP contribution is -2.20. The van der Waals surface area contributed by atoms with Crippen molar-refractivity contribution in [3.63, 3.8) is 0 Å². The van der Waals surface area contributed by atoms with Gasteiger partial charge in [0.05, 0.1) is 17.6 Å². The highest BCUT2D eigenvalue weighted by Crippen LogP contribution is 2.23. The first-order chi connectivity index (χ1) is 9.11. The lowest BCUT2D eigenvalue weighted by atomic mass is 10.2. The summed E-state index contributed by atoms with van der Waals surface area (Å²) in [4.78, 5) is 12.3. The van der Waals surface area contributed by atoms with Crippen LogP contribution < -0.4 is 9.16 Å². The van der Waals surface area contributed by atoms with E-state index in [2.05, 4.69) is 0 Å². The fourth-order valence-corrected chi connectivity index (χ4v) is 2.08. The molecule has 19 heavy (non-hydrogen) atoms. The third-order valence-corrected chi connectivity index (χ3v) is 3.04. The minimum absolute atomic E-state index is 0.0249. The molecule has 0 spiro atoms. The highest BCUT2D eigenvalue weighted by molar-refractivity contribution is 5.83. The number of ether oxygens (including phenoxy) is 1. The first-order valence-corrected chi connectivity index (χ1v) is 5.59. The molecule has 1 heterocycles. The molecule has 96 valence electrons. The van der Waals surface area contributed by atoms with Gasteiger partial charge in [-0.05, 0) is 18.2 Å². The summed E-state index contributed by atoms with van der Waals surface area (Å²) < 4.78 is 6.63. The smallest absolute Gasteiger partial charge is 0.294 e. The molecule has 1 aromatic heterocycles. The molecule has 0 aliphatic heterocycles. The van der Waals surface area contributed by atoms with Gasteiger partial charge in [-0.3, -0.25) is 0 Å². The molecule has 0 aliphatic rings. The summed E-state index contributed by atoms with van der Waals surface area (Å²) in [7, 11) is 1.50. The van der Waals surface area contributed by atoms with Gasteiger partial charge in [-0.25, -0.2) is 0 Å². The Morgan fingerprint density at radius 2 is 1.89 bits per heavy atom. The predicted octanol–water partition coefficient (Wildman–Crippen LogP) is 1.66. The number of aromatic nitrogens is 2. The summed E-state index contributed by atoms with van der Waals surface area (Å²) in [6, 6.07) is 8.93. The van der Waals surface area contributed by atoms with Crippen molar-refractivity contribution in [2.75, 3.05) is 7.11 Å². The maximum Gasteiger partial charge on any atom is 0.294 e. The number of phenols is 1. The van der Waals surface area contributed by atoms with Gasteiger partial charge in [0, 0.05) is 17.0 Å². The van der Waals surface area contributed by atoms with Crippen LogP contribution in [0.1, 0.15) is 0 Å². The number of fused-ring (bicyclic) bond motifs is 2. The van der Waals surface area contributed by atoms with Crippen LogP contribution in [0.4, 0.5) is 0 Å². The van der Waals surface area contributed by atoms with E-state index in [1.165, 1.54) is 25.3 Å². The summed E-state index contributed by atoms with van der Waals surface area (Å²) in [5.41, 5.74) is 1.09. The highest BCUT2D eigenvalue weighted by atomic mass is 16.5. The largest absolute Gasteiger partial charge is 0.508 e. The van der Waals surface area contributed by atoms with Gasteiger partial charge in [0.25, 0.3) is 11.0 Å². The van der Waals surface area contributed by atoms with Crippen molar-refractivity contribution in [1.82, 2.24) is 4.73 Å². The molecule has 0 saturated heterocycles. The molecule has 0 aliphatic carbocycles. The Balaban J connectivity index is 2.56. The third kappa shape index (κ3) is 1.57. The molecule has 0 saturated carbocycles. The Hall–Kier alpha value is -2.76. The van der Waals surface area contributed by atoms with Crippen molar-refractivity contribution in [2.45, 2.75) is 0 Å². The Morgan fingerprint density at radius 3 is 2.63 bits per heavy atom. The van der Waals surface area contributed by atoms with E-state index in [9.17, 15) is 15.2 Å². The molecule has 3 rings (SSSR count). The summed E-state index contributed by atoms with van der Waals surface area (Å²) in [5, 5.41) is 19.6. The van der Waals surface area contributed by atoms with E-state index in [0.29, 0.717) is 15.7 Å². The van der Waals surface area contributed by atoms with Crippen LogP contribution in [-0.4, -0.2) is 22.2 Å². The maximum absolute atomic E-state index is 12.3. The van der Waals surface area contributed by atoms with E-state index in [-0.39, 0.29) is 22.3 Å². The number of phenolic OH excluding ortho intramolecular Hbond substituents is 1. The minimum Gasteiger partial charge on any atom is -0.508 e. The van der Waals surface area contributed by atoms with Gasteiger partial charge in [-0.2, -0.15) is 4.73 Å². The second-order valence-electron chi connectivity index (χ2n) is 4.13. The van der Waals surface area contributed by atoms with Gasteiger partial charge in [0.15, 0.2) is 11.0 Å². The molecule has 0 atom stereocenters. The van der Waals surface area contributed by atoms with Crippen molar-refractivity contribution in [3.8, 4) is 11.5 Å². The molecule has 2 N–H and O–H groups in total. The van der Waals surface area contributed by atoms with Gasteiger partial charge in [0.1, 0.15) is 11.5 Å². The topological polar surface area (TPSA) is 77.6 Å². The highest BCUT2D eigenvalue weighted by Gasteiger charge is 2.19. The molecule has 3 aromatic rings. The van der Waals surface area contributed by atoms with Crippen molar-refractivity contribution in [1.29, 1.82) is 0 Å². The lowest BCUT2D eigenvalue weighted by Gasteiger charge is -2.04. The quantitative estimate of drug-likeness (QED) is 0.396. The molecular weight excluding hydrogens is 248 g/mol. The number of aromatic hydroxyl groups is 1. The average Bonchev–Trinajstić information content (AvgIpc) is 2.44. The molecule has 2 aromatic carbocycles. The Kier molecular flexibility index (Phi) is 2.31. The van der Waals surface area contributed by atoms with Crippen LogP contribution in [0.2, 0.25) is 0 Å². The number of methoxy groups -OCH3 is 1. The normalized spacial score (nSPS) is 11.0. The number of nitrogens with zero attached hydrogens (tertiary/aromatic N) is 2. The number of hydrogen-bond donors (Lipinski definition) is 2. The lowest BCUT2D eigenvalue weighted by molar-refractivity contribution is -0.433. The third-order valence-electron chi connectivity index (χ3n) is 3.04. The first kappa shape index (κ1) is 11.3. The van der Waals surface area contributed by atoms with E-state index in [1.54, 1.807) is 18.2 Å². The fraction of sp³-hybridized carbons (Fsp3) is 0.0769. The Bertz CT molecular complexity index is 854. The van der Waals surface area contributed by atoms with E-state index >= 15 is 0 Å². The van der Waals surface area contributed by atoms with Crippen molar-refractivity contribution in [2.24, 2.45) is 0 Å². The molecule has 0 fully saturated rings. The molecule has 0 unspecified atom stereocenters. The summed E-state index contributed by atoms with van der Waals surface area (Å²) in [6.07, 6.45) is 0. The van der Waals surface area contributed by atoms with Crippen molar-refractivity contribution >= 4 is 22.1 Å². The van der Waals surface area contributed by atoms with Crippen LogP contribution in [0, 0.1) is 4.91 Å². The van der Waals surface area contributed by atoms with Gasteiger partial charge < -0.3 is 15.1 Å². The monoisotopic (exact) mass is 259 g/mol. The summed E-state index contributed by atoms with van der Waals surface area (Å²) in [6.45, 7) is 0. The van der Waals surface area contributed by atoms with Gasteiger partial charge in [-0.1, -0.05) is 0 Å². The Morgan fingerprint density at radius 1 is 1.11 bits per heavy atom. The number of rotatable bonds is 1. The van der Waals surface area contributed by atoms with E-state index in [0.717, 1.165) is 4.73 Å². The van der Waals surface area contributed by atoms with Crippen molar-refractivity contribution in [3.05, 3.63) is 41.3 Å². The van der Waals surface area contributed by atoms with Crippen LogP contribution in [0.25, 0.3) is 22.1 Å². The first-order valence-electron chi connectivity index (χ1n) is 5.59. The molecule has 0 amide bonds. The zero-order valence-corrected chi connectivity index (χ0v) is 10.1. The maximum atomic E-state index is 12.3. The van der Waals surface area contributed by atoms with E-state index in [1.807, 2.05) is 0 Å². The van der Waals surface area contributed by atoms with E-state index < -0.39 is 0 Å². The van der Waals surface area contributed by atoms with Crippen LogP contribution in [-0.2, 0) is 0 Å². The van der Waals surface area contributed by atoms with Gasteiger partial charge >= 0.3 is 0 Å². The molecular formula is C13H11N2O4+. The second kappa shape index (κ2) is 3.88. The fourth-order valence-electron chi connectivity index (χ4n) is 2.08. The second-order valence-corrected chi connectivity index (χ2v) is 4.13. The average molecular weight is 259 g/mol. The zero-order chi connectivity index (χ0) is 13.6. The van der Waals surface area contributed by atoms with Gasteiger partial charge in [-0.15, -0.1) is 0 Å². The SMILES string of the molecule is COc1ccc2c(c1)[n+](=O)c1ccc(O)cc1n2O. The molecule has 0 bridgehead atoms. The van der Waals surface area contributed by atoms with Crippen molar-refractivity contribution < 1.29 is 19.5 Å². The number of benzene rings is 2. The summed E-state index contributed by atoms with van der Waals surface area (Å²) in [5.74, 6) is 0.499. The van der Waals surface area contributed by atoms with Gasteiger partial charge in [0.2, 0.25) is 0 Å². The van der Waals surface area contributed by atoms with Crippen LogP contribution in [0.5, 0.6) is 11.5 Å². The predicted molar refractivity (Wildman–Crippen MR) is 68.2 cm³/mol. The standard InChI is InChI=1S/C13H10N2O4/c1-19-9-3-5-11-13(7-9)15(18)10-4-2-8(16)6-12(10)14(11)17/h2-7,17H,1H3/p+1. The molecule has 6 nitrogen and oxygen atoms in total. The minimum atomic E-state index is -0.0249. The van der Waals surface area contributed by atoms with Crippen LogP contribution in [0.3, 0.4) is 0 Å². The van der Waals surface area contributed by atoms with Crippen LogP contribution >= 0.6 is 0 Å². The molecule has 6 heteroatoms. The molecule has 0 radical (unpaired) electrons. The number of hydrogen-bond acceptors (Lipinski definition) is 4. The Labute approximate surface area is 107 Å².